The SMILES string of the molecule is Cc1ccc(NC(=O)CSc2nnc(N3C(N)=C(C#N)C(c4cccc(Br)c4)C4=C3CC(C)(C)CC4=O)s2)cc1C. The van der Waals surface area contributed by atoms with Crippen molar-refractivity contribution in [1.82, 2.24) is 10.2 Å². The number of nitrogens with two attached hydrogens (primary N) is 1. The first kappa shape index (κ1) is 29.0. The van der Waals surface area contributed by atoms with Gasteiger partial charge in [0.05, 0.1) is 23.3 Å². The molecule has 0 fully saturated rings. The van der Waals surface area contributed by atoms with Gasteiger partial charge in [-0.3, -0.25) is 14.5 Å². The fourth-order valence-corrected chi connectivity index (χ4v) is 7.34. The van der Waals surface area contributed by atoms with Gasteiger partial charge in [0.25, 0.3) is 0 Å². The minimum atomic E-state index is -0.566. The van der Waals surface area contributed by atoms with Gasteiger partial charge in [-0.15, -0.1) is 10.2 Å². The Morgan fingerprint density at radius 1 is 1.22 bits per heavy atom. The molecule has 1 aliphatic carbocycles. The van der Waals surface area contributed by atoms with Crippen molar-refractivity contribution in [2.75, 3.05) is 16.0 Å². The minimum Gasteiger partial charge on any atom is -0.384 e. The zero-order chi connectivity index (χ0) is 29.5. The second-order valence-electron chi connectivity index (χ2n) is 11.0. The number of benzene rings is 2. The van der Waals surface area contributed by atoms with Crippen molar-refractivity contribution in [3.63, 3.8) is 0 Å². The van der Waals surface area contributed by atoms with Crippen molar-refractivity contribution >= 4 is 61.5 Å². The number of nitrogens with one attached hydrogen (secondary N) is 1. The topological polar surface area (TPSA) is 125 Å². The average Bonchev–Trinajstić information content (AvgIpc) is 3.36. The number of aryl methyl sites for hydroxylation is 2. The second-order valence-corrected chi connectivity index (χ2v) is 14.1. The maximum absolute atomic E-state index is 13.7. The fraction of sp³-hybridized carbons (Fsp3) is 0.300. The van der Waals surface area contributed by atoms with E-state index in [9.17, 15) is 14.9 Å². The van der Waals surface area contributed by atoms with E-state index < -0.39 is 5.92 Å². The molecule has 0 radical (unpaired) electrons. The Morgan fingerprint density at radius 3 is 2.71 bits per heavy atom. The van der Waals surface area contributed by atoms with Gasteiger partial charge in [0, 0.05) is 27.9 Å². The number of nitriles is 1. The molecule has 1 unspecified atom stereocenters. The highest BCUT2D eigenvalue weighted by atomic mass is 79.9. The Labute approximate surface area is 255 Å². The smallest absolute Gasteiger partial charge is 0.234 e. The van der Waals surface area contributed by atoms with E-state index in [1.165, 1.54) is 23.1 Å². The normalized spacial score (nSPS) is 18.3. The predicted octanol–water partition coefficient (Wildman–Crippen LogP) is 6.59. The van der Waals surface area contributed by atoms with Gasteiger partial charge in [0.2, 0.25) is 11.0 Å². The number of hydrogen-bond acceptors (Lipinski definition) is 9. The van der Waals surface area contributed by atoms with Crippen LogP contribution in [0.15, 0.2) is 73.9 Å². The number of Topliss-reactive ketones (excluding diaryl/α,β-unsaturated/α-hetero) is 1. The molecule has 11 heteroatoms. The lowest BCUT2D eigenvalue weighted by molar-refractivity contribution is -0.118. The third kappa shape index (κ3) is 5.96. The van der Waals surface area contributed by atoms with Gasteiger partial charge >= 0.3 is 0 Å². The first-order chi connectivity index (χ1) is 19.5. The highest BCUT2D eigenvalue weighted by molar-refractivity contribution is 9.10. The molecule has 2 aromatic carbocycles. The molecule has 1 atom stereocenters. The second kappa shape index (κ2) is 11.4. The van der Waals surface area contributed by atoms with E-state index in [2.05, 4.69) is 51.4 Å². The van der Waals surface area contributed by atoms with Crippen LogP contribution in [-0.2, 0) is 9.59 Å². The number of halogens is 1. The molecule has 210 valence electrons. The van der Waals surface area contributed by atoms with Gasteiger partial charge in [-0.1, -0.05) is 71.1 Å². The quantitative estimate of drug-likeness (QED) is 0.287. The Morgan fingerprint density at radius 2 is 2.00 bits per heavy atom. The minimum absolute atomic E-state index is 0.00592. The van der Waals surface area contributed by atoms with Crippen LogP contribution in [0.5, 0.6) is 0 Å². The van der Waals surface area contributed by atoms with Crippen LogP contribution < -0.4 is 16.0 Å². The van der Waals surface area contributed by atoms with Crippen molar-refractivity contribution in [2.45, 2.75) is 50.8 Å². The number of amides is 1. The van der Waals surface area contributed by atoms with Gasteiger partial charge < -0.3 is 11.1 Å². The Bertz CT molecular complexity index is 1670. The Balaban J connectivity index is 1.45. The summed E-state index contributed by atoms with van der Waals surface area (Å²) < 4.78 is 1.44. The third-order valence-electron chi connectivity index (χ3n) is 7.27. The standard InChI is InChI=1S/C30H29BrN6O2S2/c1-16-8-9-20(10-17(16)2)34-24(39)15-40-29-36-35-28(41-29)37-22-12-30(3,4)13-23(38)26(22)25(21(14-32)27(37)33)18-6-5-7-19(31)11-18/h5-11,25H,12-13,15,33H2,1-4H3,(H,34,39). The maximum atomic E-state index is 13.7. The molecule has 0 saturated heterocycles. The molecule has 0 bridgehead atoms. The summed E-state index contributed by atoms with van der Waals surface area (Å²) in [5.41, 5.74) is 11.9. The molecule has 3 N–H and O–H groups in total. The van der Waals surface area contributed by atoms with Crippen LogP contribution in [0.2, 0.25) is 0 Å². The predicted molar refractivity (Wildman–Crippen MR) is 166 cm³/mol. The Hall–Kier alpha value is -3.46. The largest absolute Gasteiger partial charge is 0.384 e. The molecule has 2 heterocycles. The number of hydrogen-bond donors (Lipinski definition) is 2. The van der Waals surface area contributed by atoms with E-state index in [0.29, 0.717) is 33.5 Å². The van der Waals surface area contributed by atoms with Crippen LogP contribution in [0.1, 0.15) is 49.3 Å². The molecule has 8 nitrogen and oxygen atoms in total. The van der Waals surface area contributed by atoms with Crippen molar-refractivity contribution < 1.29 is 9.59 Å². The summed E-state index contributed by atoms with van der Waals surface area (Å²) in [4.78, 5) is 28.0. The lowest BCUT2D eigenvalue weighted by Gasteiger charge is -2.42. The van der Waals surface area contributed by atoms with Crippen LogP contribution in [0.4, 0.5) is 10.8 Å². The molecule has 41 heavy (non-hydrogen) atoms. The van der Waals surface area contributed by atoms with E-state index in [4.69, 9.17) is 5.73 Å². The zero-order valence-corrected chi connectivity index (χ0v) is 26.3. The zero-order valence-electron chi connectivity index (χ0n) is 23.1. The molecular formula is C30H29BrN6O2S2. The van der Waals surface area contributed by atoms with E-state index >= 15 is 0 Å². The number of nitrogens with zero attached hydrogens (tertiary/aromatic N) is 4. The van der Waals surface area contributed by atoms with E-state index in [1.807, 2.05) is 56.3 Å². The van der Waals surface area contributed by atoms with Crippen LogP contribution in [0.3, 0.4) is 0 Å². The molecule has 0 saturated carbocycles. The molecule has 1 aromatic heterocycles. The van der Waals surface area contributed by atoms with Gasteiger partial charge in [-0.05, 0) is 66.6 Å². The van der Waals surface area contributed by atoms with E-state index in [-0.39, 0.29) is 28.7 Å². The summed E-state index contributed by atoms with van der Waals surface area (Å²) in [5, 5.41) is 22.3. The van der Waals surface area contributed by atoms with Crippen molar-refractivity contribution in [1.29, 1.82) is 5.26 Å². The monoisotopic (exact) mass is 648 g/mol. The number of carbonyl (C=O) groups is 2. The highest BCUT2D eigenvalue weighted by Gasteiger charge is 2.45. The van der Waals surface area contributed by atoms with E-state index in [1.54, 1.807) is 4.90 Å². The first-order valence-electron chi connectivity index (χ1n) is 13.0. The Kier molecular flexibility index (Phi) is 8.10. The number of aromatic nitrogens is 2. The molecule has 1 aliphatic heterocycles. The van der Waals surface area contributed by atoms with Crippen LogP contribution in [0, 0.1) is 30.6 Å². The number of anilines is 2. The number of ketones is 1. The van der Waals surface area contributed by atoms with Crippen LogP contribution in [-0.4, -0.2) is 27.6 Å². The number of carbonyl (C=O) groups excluding carboxylic acids is 2. The van der Waals surface area contributed by atoms with Crippen LogP contribution >= 0.6 is 39.0 Å². The molecule has 0 spiro atoms. The fourth-order valence-electron chi connectivity index (χ4n) is 5.24. The van der Waals surface area contributed by atoms with Gasteiger partial charge in [-0.2, -0.15) is 5.26 Å². The molecule has 2 aliphatic rings. The van der Waals surface area contributed by atoms with Crippen molar-refractivity contribution in [2.24, 2.45) is 11.1 Å². The summed E-state index contributed by atoms with van der Waals surface area (Å²) in [5.74, 6) is -0.333. The highest BCUT2D eigenvalue weighted by Crippen LogP contribution is 2.51. The summed E-state index contributed by atoms with van der Waals surface area (Å²) in [6.45, 7) is 8.13. The molecule has 1 amide bonds. The summed E-state index contributed by atoms with van der Waals surface area (Å²) in [6.07, 6.45) is 0.952. The molecular weight excluding hydrogens is 620 g/mol. The molecule has 3 aromatic rings. The van der Waals surface area contributed by atoms with Crippen molar-refractivity contribution in [3.8, 4) is 6.07 Å². The van der Waals surface area contributed by atoms with Crippen molar-refractivity contribution in [3.05, 3.63) is 86.3 Å². The maximum Gasteiger partial charge on any atom is 0.234 e. The lowest BCUT2D eigenvalue weighted by atomic mass is 9.69. The van der Waals surface area contributed by atoms with E-state index in [0.717, 1.165) is 32.5 Å². The average molecular weight is 650 g/mol. The third-order valence-corrected chi connectivity index (χ3v) is 9.80. The number of allylic oxidation sites excluding steroid dienone is 3. The van der Waals surface area contributed by atoms with Gasteiger partial charge in [0.15, 0.2) is 10.1 Å². The van der Waals surface area contributed by atoms with Crippen LogP contribution in [0.25, 0.3) is 0 Å². The number of thioether (sulfide) groups is 1. The summed E-state index contributed by atoms with van der Waals surface area (Å²) in [7, 11) is 0. The lowest BCUT2D eigenvalue weighted by Crippen LogP contribution is -2.42. The molecule has 5 rings (SSSR count). The number of rotatable bonds is 6. The van der Waals surface area contributed by atoms with Gasteiger partial charge in [0.1, 0.15) is 5.82 Å². The summed E-state index contributed by atoms with van der Waals surface area (Å²) >= 11 is 6.07. The summed E-state index contributed by atoms with van der Waals surface area (Å²) in [6, 6.07) is 15.7. The van der Waals surface area contributed by atoms with Gasteiger partial charge in [-0.25, -0.2) is 0 Å². The first-order valence-corrected chi connectivity index (χ1v) is 15.6.